The number of nitrogens with zero attached hydrogens (tertiary/aromatic N) is 4. The third kappa shape index (κ3) is 3.93. The van der Waals surface area contributed by atoms with Crippen LogP contribution in [0.25, 0.3) is 5.69 Å². The Labute approximate surface area is 163 Å². The number of hydrogen-bond acceptors (Lipinski definition) is 4. The Bertz CT molecular complexity index is 947. The molecule has 1 saturated heterocycles. The highest BCUT2D eigenvalue weighted by molar-refractivity contribution is 5.94. The SMILES string of the molecule is O=C(Nc1ccccc1)C1CCN(C(=O)c2cn(-c3ccccc3)nn2)CC1. The van der Waals surface area contributed by atoms with Crippen LogP contribution >= 0.6 is 0 Å². The van der Waals surface area contributed by atoms with E-state index in [0.29, 0.717) is 31.6 Å². The van der Waals surface area contributed by atoms with E-state index in [-0.39, 0.29) is 17.7 Å². The Morgan fingerprint density at radius 2 is 1.57 bits per heavy atom. The number of benzene rings is 2. The minimum atomic E-state index is -0.149. The van der Waals surface area contributed by atoms with E-state index in [1.165, 1.54) is 0 Å². The number of hydrogen-bond donors (Lipinski definition) is 1. The van der Waals surface area contributed by atoms with Crippen molar-refractivity contribution < 1.29 is 9.59 Å². The molecule has 3 aromatic rings. The summed E-state index contributed by atoms with van der Waals surface area (Å²) >= 11 is 0. The number of piperidine rings is 1. The molecule has 1 aliphatic heterocycles. The van der Waals surface area contributed by atoms with Crippen molar-refractivity contribution in [3.05, 3.63) is 72.6 Å². The Balaban J connectivity index is 1.34. The topological polar surface area (TPSA) is 80.1 Å². The van der Waals surface area contributed by atoms with Crippen molar-refractivity contribution in [1.29, 1.82) is 0 Å². The lowest BCUT2D eigenvalue weighted by Gasteiger charge is -2.30. The molecule has 142 valence electrons. The summed E-state index contributed by atoms with van der Waals surface area (Å²) in [6.45, 7) is 1.06. The molecular weight excluding hydrogens is 354 g/mol. The second-order valence-electron chi connectivity index (χ2n) is 6.81. The first-order valence-electron chi connectivity index (χ1n) is 9.33. The largest absolute Gasteiger partial charge is 0.337 e. The molecule has 0 saturated carbocycles. The van der Waals surface area contributed by atoms with Crippen molar-refractivity contribution in [3.8, 4) is 5.69 Å². The zero-order valence-electron chi connectivity index (χ0n) is 15.4. The quantitative estimate of drug-likeness (QED) is 0.760. The maximum atomic E-state index is 12.7. The first-order valence-corrected chi connectivity index (χ1v) is 9.33. The fourth-order valence-electron chi connectivity index (χ4n) is 3.34. The zero-order chi connectivity index (χ0) is 19.3. The smallest absolute Gasteiger partial charge is 0.276 e. The van der Waals surface area contributed by atoms with Gasteiger partial charge in [-0.25, -0.2) is 4.68 Å². The summed E-state index contributed by atoms with van der Waals surface area (Å²) in [5.41, 5.74) is 1.96. The number of likely N-dealkylation sites (tertiary alicyclic amines) is 1. The van der Waals surface area contributed by atoms with Crippen LogP contribution in [0.15, 0.2) is 66.9 Å². The molecule has 1 aliphatic rings. The fraction of sp³-hybridized carbons (Fsp3) is 0.238. The maximum Gasteiger partial charge on any atom is 0.276 e. The number of carbonyl (C=O) groups is 2. The van der Waals surface area contributed by atoms with Gasteiger partial charge in [0.05, 0.1) is 11.9 Å². The number of para-hydroxylation sites is 2. The Hall–Kier alpha value is -3.48. The van der Waals surface area contributed by atoms with Crippen LogP contribution in [0.1, 0.15) is 23.3 Å². The van der Waals surface area contributed by atoms with Gasteiger partial charge < -0.3 is 10.2 Å². The average Bonchev–Trinajstić information content (AvgIpc) is 3.25. The maximum absolute atomic E-state index is 12.7. The van der Waals surface area contributed by atoms with Crippen LogP contribution in [0.5, 0.6) is 0 Å². The highest BCUT2D eigenvalue weighted by Gasteiger charge is 2.29. The van der Waals surface area contributed by atoms with Gasteiger partial charge in [-0.05, 0) is 37.1 Å². The molecule has 4 rings (SSSR count). The van der Waals surface area contributed by atoms with Gasteiger partial charge in [0.1, 0.15) is 0 Å². The monoisotopic (exact) mass is 375 g/mol. The van der Waals surface area contributed by atoms with E-state index in [9.17, 15) is 9.59 Å². The first kappa shape index (κ1) is 17.9. The van der Waals surface area contributed by atoms with E-state index in [4.69, 9.17) is 0 Å². The molecule has 0 bridgehead atoms. The van der Waals surface area contributed by atoms with Gasteiger partial charge >= 0.3 is 0 Å². The van der Waals surface area contributed by atoms with Gasteiger partial charge in [-0.1, -0.05) is 41.6 Å². The van der Waals surface area contributed by atoms with Crippen LogP contribution in [-0.4, -0.2) is 44.8 Å². The summed E-state index contributed by atoms with van der Waals surface area (Å²) in [6, 6.07) is 19.0. The number of aromatic nitrogens is 3. The molecule has 0 atom stereocenters. The lowest BCUT2D eigenvalue weighted by atomic mass is 9.95. The van der Waals surface area contributed by atoms with E-state index in [1.807, 2.05) is 60.7 Å². The predicted octanol–water partition coefficient (Wildman–Crippen LogP) is 2.76. The van der Waals surface area contributed by atoms with Crippen LogP contribution in [0.4, 0.5) is 5.69 Å². The molecular formula is C21H21N5O2. The fourth-order valence-corrected chi connectivity index (χ4v) is 3.34. The molecule has 2 heterocycles. The molecule has 1 fully saturated rings. The molecule has 7 nitrogen and oxygen atoms in total. The van der Waals surface area contributed by atoms with Crippen LogP contribution in [0.2, 0.25) is 0 Å². The van der Waals surface area contributed by atoms with Crippen molar-refractivity contribution in [1.82, 2.24) is 19.9 Å². The molecule has 2 amide bonds. The van der Waals surface area contributed by atoms with E-state index in [0.717, 1.165) is 11.4 Å². The lowest BCUT2D eigenvalue weighted by molar-refractivity contribution is -0.121. The summed E-state index contributed by atoms with van der Waals surface area (Å²) in [6.07, 6.45) is 2.92. The van der Waals surface area contributed by atoms with E-state index >= 15 is 0 Å². The lowest BCUT2D eigenvalue weighted by Crippen LogP contribution is -2.41. The normalized spacial score (nSPS) is 14.6. The van der Waals surface area contributed by atoms with Gasteiger partial charge in [0.2, 0.25) is 5.91 Å². The molecule has 0 spiro atoms. The molecule has 0 aliphatic carbocycles. The molecule has 1 aromatic heterocycles. The summed E-state index contributed by atoms with van der Waals surface area (Å²) < 4.78 is 1.59. The van der Waals surface area contributed by atoms with Gasteiger partial charge in [0.15, 0.2) is 5.69 Å². The Morgan fingerprint density at radius 1 is 0.929 bits per heavy atom. The summed E-state index contributed by atoms with van der Waals surface area (Å²) in [4.78, 5) is 26.9. The van der Waals surface area contributed by atoms with Gasteiger partial charge in [0.25, 0.3) is 5.91 Å². The third-order valence-corrected chi connectivity index (χ3v) is 4.93. The first-order chi connectivity index (χ1) is 13.7. The Kier molecular flexibility index (Phi) is 5.14. The Morgan fingerprint density at radius 3 is 2.25 bits per heavy atom. The molecule has 7 heteroatoms. The summed E-state index contributed by atoms with van der Waals surface area (Å²) in [5.74, 6) is -0.235. The van der Waals surface area contributed by atoms with E-state index < -0.39 is 0 Å². The van der Waals surface area contributed by atoms with Crippen molar-refractivity contribution in [2.24, 2.45) is 5.92 Å². The van der Waals surface area contributed by atoms with Gasteiger partial charge in [0, 0.05) is 24.7 Å². The molecule has 1 N–H and O–H groups in total. The highest BCUT2D eigenvalue weighted by Crippen LogP contribution is 2.21. The van der Waals surface area contributed by atoms with Crippen molar-refractivity contribution in [3.63, 3.8) is 0 Å². The van der Waals surface area contributed by atoms with E-state index in [1.54, 1.807) is 15.8 Å². The number of nitrogens with one attached hydrogen (secondary N) is 1. The second kappa shape index (κ2) is 8.04. The van der Waals surface area contributed by atoms with Crippen LogP contribution < -0.4 is 5.32 Å². The van der Waals surface area contributed by atoms with Gasteiger partial charge in [-0.3, -0.25) is 9.59 Å². The number of carbonyl (C=O) groups excluding carboxylic acids is 2. The summed E-state index contributed by atoms with van der Waals surface area (Å²) in [7, 11) is 0. The predicted molar refractivity (Wildman–Crippen MR) is 105 cm³/mol. The molecule has 0 unspecified atom stereocenters. The molecule has 2 aromatic carbocycles. The van der Waals surface area contributed by atoms with Gasteiger partial charge in [-0.15, -0.1) is 5.10 Å². The van der Waals surface area contributed by atoms with Crippen LogP contribution in [0.3, 0.4) is 0 Å². The number of anilines is 1. The molecule has 0 radical (unpaired) electrons. The van der Waals surface area contributed by atoms with Crippen LogP contribution in [-0.2, 0) is 4.79 Å². The van der Waals surface area contributed by atoms with Crippen molar-refractivity contribution in [2.45, 2.75) is 12.8 Å². The average molecular weight is 375 g/mol. The molecule has 28 heavy (non-hydrogen) atoms. The van der Waals surface area contributed by atoms with Crippen molar-refractivity contribution in [2.75, 3.05) is 18.4 Å². The highest BCUT2D eigenvalue weighted by atomic mass is 16.2. The van der Waals surface area contributed by atoms with E-state index in [2.05, 4.69) is 15.6 Å². The van der Waals surface area contributed by atoms with Gasteiger partial charge in [-0.2, -0.15) is 0 Å². The second-order valence-corrected chi connectivity index (χ2v) is 6.81. The van der Waals surface area contributed by atoms with Crippen molar-refractivity contribution >= 4 is 17.5 Å². The minimum Gasteiger partial charge on any atom is -0.337 e. The number of rotatable bonds is 4. The van der Waals surface area contributed by atoms with Crippen LogP contribution in [0, 0.1) is 5.92 Å². The summed E-state index contributed by atoms with van der Waals surface area (Å²) in [5, 5.41) is 11.0. The zero-order valence-corrected chi connectivity index (χ0v) is 15.4. The number of amides is 2. The standard InChI is InChI=1S/C21H21N5O2/c27-20(22-17-7-3-1-4-8-17)16-11-13-25(14-12-16)21(28)19-15-26(24-23-19)18-9-5-2-6-10-18/h1-10,15-16H,11-14H2,(H,22,27). The minimum absolute atomic E-state index is 0.00770. The third-order valence-electron chi connectivity index (χ3n) is 4.93.